The molecular formula is C14H27N3. The van der Waals surface area contributed by atoms with Crippen LogP contribution in [0.3, 0.4) is 0 Å². The summed E-state index contributed by atoms with van der Waals surface area (Å²) in [7, 11) is 0. The first-order chi connectivity index (χ1) is 8.27. The van der Waals surface area contributed by atoms with Crippen molar-refractivity contribution < 1.29 is 0 Å². The van der Waals surface area contributed by atoms with Gasteiger partial charge in [-0.3, -0.25) is 9.80 Å². The van der Waals surface area contributed by atoms with E-state index in [9.17, 15) is 0 Å². The van der Waals surface area contributed by atoms with Crippen molar-refractivity contribution in [3.05, 3.63) is 0 Å². The molecule has 0 aromatic heterocycles. The fourth-order valence-corrected chi connectivity index (χ4v) is 4.40. The minimum Gasteiger partial charge on any atom is -0.327 e. The van der Waals surface area contributed by atoms with E-state index in [4.69, 9.17) is 5.73 Å². The molecule has 3 nitrogen and oxygen atoms in total. The number of fused-ring (bicyclic) bond motifs is 1. The molecule has 4 atom stereocenters. The fraction of sp³-hybridized carbons (Fsp3) is 1.00. The second-order valence-corrected chi connectivity index (χ2v) is 6.26. The Kier molecular flexibility index (Phi) is 3.42. The summed E-state index contributed by atoms with van der Waals surface area (Å²) in [4.78, 5) is 5.50. The molecule has 98 valence electrons. The maximum Gasteiger partial charge on any atom is 0.0267 e. The van der Waals surface area contributed by atoms with E-state index in [1.165, 1.54) is 58.2 Å². The first-order valence-electron chi connectivity index (χ1n) is 7.53. The highest BCUT2D eigenvalue weighted by molar-refractivity contribution is 5.00. The van der Waals surface area contributed by atoms with Crippen molar-refractivity contribution in [2.75, 3.05) is 19.6 Å². The first kappa shape index (κ1) is 11.9. The van der Waals surface area contributed by atoms with Crippen LogP contribution in [0.4, 0.5) is 0 Å². The van der Waals surface area contributed by atoms with Crippen LogP contribution in [0.1, 0.15) is 45.4 Å². The van der Waals surface area contributed by atoms with Crippen molar-refractivity contribution in [3.8, 4) is 0 Å². The van der Waals surface area contributed by atoms with Gasteiger partial charge in [0, 0.05) is 30.7 Å². The third kappa shape index (κ3) is 2.13. The van der Waals surface area contributed by atoms with Gasteiger partial charge in [-0.05, 0) is 52.1 Å². The van der Waals surface area contributed by atoms with E-state index in [-0.39, 0.29) is 0 Å². The number of likely N-dealkylation sites (tertiary alicyclic amines) is 1. The minimum atomic E-state index is 0.339. The lowest BCUT2D eigenvalue weighted by molar-refractivity contribution is 0.0661. The van der Waals surface area contributed by atoms with E-state index >= 15 is 0 Å². The lowest BCUT2D eigenvalue weighted by atomic mass is 9.92. The van der Waals surface area contributed by atoms with Gasteiger partial charge in [0.1, 0.15) is 0 Å². The first-order valence-corrected chi connectivity index (χ1v) is 7.53. The third-order valence-corrected chi connectivity index (χ3v) is 5.20. The summed E-state index contributed by atoms with van der Waals surface area (Å²) in [6.07, 6.45) is 8.30. The maximum atomic E-state index is 6.21. The molecule has 3 aliphatic rings. The van der Waals surface area contributed by atoms with Crippen LogP contribution in [0.15, 0.2) is 0 Å². The molecule has 3 saturated heterocycles. The van der Waals surface area contributed by atoms with E-state index in [0.717, 1.165) is 12.1 Å². The molecule has 0 radical (unpaired) electrons. The van der Waals surface area contributed by atoms with Crippen LogP contribution in [-0.4, -0.2) is 53.6 Å². The Balaban J connectivity index is 1.73. The molecule has 2 N–H and O–H groups in total. The van der Waals surface area contributed by atoms with Crippen molar-refractivity contribution in [1.29, 1.82) is 0 Å². The molecule has 3 heteroatoms. The van der Waals surface area contributed by atoms with E-state index < -0.39 is 0 Å². The predicted molar refractivity (Wildman–Crippen MR) is 71.0 cm³/mol. The molecule has 0 aromatic carbocycles. The summed E-state index contributed by atoms with van der Waals surface area (Å²) in [5.74, 6) is 0. The van der Waals surface area contributed by atoms with Crippen molar-refractivity contribution in [3.63, 3.8) is 0 Å². The number of hydrogen-bond donors (Lipinski definition) is 1. The van der Waals surface area contributed by atoms with Crippen LogP contribution < -0.4 is 5.73 Å². The van der Waals surface area contributed by atoms with Gasteiger partial charge in [-0.1, -0.05) is 6.42 Å². The Morgan fingerprint density at radius 1 is 0.941 bits per heavy atom. The molecule has 0 amide bonds. The van der Waals surface area contributed by atoms with Gasteiger partial charge < -0.3 is 5.73 Å². The second-order valence-electron chi connectivity index (χ2n) is 6.26. The van der Waals surface area contributed by atoms with Crippen molar-refractivity contribution >= 4 is 0 Å². The quantitative estimate of drug-likeness (QED) is 0.788. The highest BCUT2D eigenvalue weighted by Crippen LogP contribution is 2.34. The number of nitrogens with zero attached hydrogens (tertiary/aromatic N) is 2. The zero-order valence-electron chi connectivity index (χ0n) is 11.1. The van der Waals surface area contributed by atoms with Gasteiger partial charge in [-0.25, -0.2) is 0 Å². The van der Waals surface area contributed by atoms with Gasteiger partial charge >= 0.3 is 0 Å². The zero-order valence-corrected chi connectivity index (χ0v) is 11.1. The number of nitrogens with two attached hydrogens (primary N) is 1. The molecule has 0 saturated carbocycles. The highest BCUT2D eigenvalue weighted by atomic mass is 15.3. The predicted octanol–water partition coefficient (Wildman–Crippen LogP) is 1.42. The normalized spacial score (nSPS) is 41.6. The fourth-order valence-electron chi connectivity index (χ4n) is 4.40. The lowest BCUT2D eigenvalue weighted by Crippen LogP contribution is -2.55. The summed E-state index contributed by atoms with van der Waals surface area (Å²) in [5.41, 5.74) is 6.21. The Labute approximate surface area is 105 Å². The standard InChI is InChI=1S/C14H27N3/c1-11(15)12-5-2-3-9-17(12)14-7-10-16-8-4-6-13(14)16/h11-14H,2-10,15H2,1H3. The molecule has 0 aromatic rings. The number of hydrogen-bond acceptors (Lipinski definition) is 3. The molecular weight excluding hydrogens is 210 g/mol. The van der Waals surface area contributed by atoms with Gasteiger partial charge in [0.25, 0.3) is 0 Å². The van der Waals surface area contributed by atoms with Crippen LogP contribution in [-0.2, 0) is 0 Å². The zero-order chi connectivity index (χ0) is 11.8. The Bertz CT molecular complexity index is 266. The summed E-state index contributed by atoms with van der Waals surface area (Å²) in [5, 5.41) is 0. The molecule has 4 unspecified atom stereocenters. The molecule has 3 fully saturated rings. The topological polar surface area (TPSA) is 32.5 Å². The van der Waals surface area contributed by atoms with Gasteiger partial charge in [-0.15, -0.1) is 0 Å². The van der Waals surface area contributed by atoms with Gasteiger partial charge in [0.2, 0.25) is 0 Å². The highest BCUT2D eigenvalue weighted by Gasteiger charge is 2.43. The molecule has 0 aliphatic carbocycles. The molecule has 0 spiro atoms. The van der Waals surface area contributed by atoms with E-state index in [2.05, 4.69) is 16.7 Å². The van der Waals surface area contributed by atoms with Crippen LogP contribution in [0, 0.1) is 0 Å². The smallest absolute Gasteiger partial charge is 0.0267 e. The summed E-state index contributed by atoms with van der Waals surface area (Å²) >= 11 is 0. The number of rotatable bonds is 2. The Morgan fingerprint density at radius 3 is 2.65 bits per heavy atom. The Morgan fingerprint density at radius 2 is 1.82 bits per heavy atom. The molecule has 0 bridgehead atoms. The van der Waals surface area contributed by atoms with Crippen molar-refractivity contribution in [2.45, 2.75) is 69.6 Å². The maximum absolute atomic E-state index is 6.21. The van der Waals surface area contributed by atoms with Gasteiger partial charge in [-0.2, -0.15) is 0 Å². The lowest BCUT2D eigenvalue weighted by Gasteiger charge is -2.43. The average Bonchev–Trinajstić information content (AvgIpc) is 2.90. The van der Waals surface area contributed by atoms with Crippen LogP contribution in [0.5, 0.6) is 0 Å². The van der Waals surface area contributed by atoms with Crippen molar-refractivity contribution in [2.24, 2.45) is 5.73 Å². The van der Waals surface area contributed by atoms with E-state index in [0.29, 0.717) is 12.1 Å². The largest absolute Gasteiger partial charge is 0.327 e. The Hall–Kier alpha value is -0.120. The molecule has 3 aliphatic heterocycles. The summed E-state index contributed by atoms with van der Waals surface area (Å²) < 4.78 is 0. The van der Waals surface area contributed by atoms with Gasteiger partial charge in [0.05, 0.1) is 0 Å². The summed E-state index contributed by atoms with van der Waals surface area (Å²) in [6, 6.07) is 2.66. The molecule has 17 heavy (non-hydrogen) atoms. The third-order valence-electron chi connectivity index (χ3n) is 5.20. The van der Waals surface area contributed by atoms with E-state index in [1.807, 2.05) is 0 Å². The van der Waals surface area contributed by atoms with E-state index in [1.54, 1.807) is 0 Å². The SMILES string of the molecule is CC(N)C1CCCCN1C1CCN2CCCC12. The number of piperidine rings is 1. The van der Waals surface area contributed by atoms with Gasteiger partial charge in [0.15, 0.2) is 0 Å². The van der Waals surface area contributed by atoms with Crippen molar-refractivity contribution in [1.82, 2.24) is 9.80 Å². The second kappa shape index (κ2) is 4.87. The van der Waals surface area contributed by atoms with Crippen LogP contribution >= 0.6 is 0 Å². The average molecular weight is 237 g/mol. The monoisotopic (exact) mass is 237 g/mol. The van der Waals surface area contributed by atoms with Crippen LogP contribution in [0.2, 0.25) is 0 Å². The minimum absolute atomic E-state index is 0.339. The van der Waals surface area contributed by atoms with Crippen LogP contribution in [0.25, 0.3) is 0 Å². The molecule has 3 heterocycles. The summed E-state index contributed by atoms with van der Waals surface area (Å²) in [6.45, 7) is 6.17. The molecule has 3 rings (SSSR count).